The number of carbonyl (C=O) groups is 1. The van der Waals surface area contributed by atoms with Gasteiger partial charge in [0.15, 0.2) is 11.9 Å². The molecule has 1 heterocycles. The lowest BCUT2D eigenvalue weighted by Gasteiger charge is -2.14. The maximum atomic E-state index is 12.4. The molecule has 0 bridgehead atoms. The number of amides is 1. The van der Waals surface area contributed by atoms with E-state index in [-0.39, 0.29) is 5.91 Å². The average Bonchev–Trinajstić information content (AvgIpc) is 3.06. The van der Waals surface area contributed by atoms with E-state index in [0.717, 1.165) is 22.7 Å². The van der Waals surface area contributed by atoms with Crippen molar-refractivity contribution in [1.82, 2.24) is 9.36 Å². The molecule has 0 spiro atoms. The third kappa shape index (κ3) is 3.61. The molecule has 0 fully saturated rings. The van der Waals surface area contributed by atoms with Crippen molar-refractivity contribution in [2.24, 2.45) is 0 Å². The number of hydrogen-bond donors (Lipinski definition) is 1. The molecule has 0 radical (unpaired) electrons. The smallest absolute Gasteiger partial charge is 0.259 e. The van der Waals surface area contributed by atoms with Gasteiger partial charge in [-0.2, -0.15) is 9.36 Å². The highest BCUT2D eigenvalue weighted by atomic mass is 32.1. The number of rotatable bonds is 5. The van der Waals surface area contributed by atoms with Gasteiger partial charge in [0.05, 0.1) is 0 Å². The third-order valence-electron chi connectivity index (χ3n) is 3.26. The second-order valence-corrected chi connectivity index (χ2v) is 5.56. The molecule has 0 saturated carbocycles. The van der Waals surface area contributed by atoms with Gasteiger partial charge >= 0.3 is 0 Å². The standard InChI is InChI=1S/C17H15N3O2S/c1-22-14(12-8-4-2-5-9-12)16(21)19-17-18-15(20-23-17)13-10-6-3-7-11-13/h2-11,14H,1H3,(H,18,19,20,21)/t14-/m1/s1. The summed E-state index contributed by atoms with van der Waals surface area (Å²) in [5.41, 5.74) is 1.70. The Morgan fingerprint density at radius 2 is 1.74 bits per heavy atom. The van der Waals surface area contributed by atoms with E-state index in [0.29, 0.717) is 11.0 Å². The zero-order chi connectivity index (χ0) is 16.1. The molecule has 0 saturated heterocycles. The molecule has 0 aliphatic heterocycles. The van der Waals surface area contributed by atoms with E-state index in [9.17, 15) is 4.79 Å². The monoisotopic (exact) mass is 325 g/mol. The number of nitrogens with one attached hydrogen (secondary N) is 1. The van der Waals surface area contributed by atoms with E-state index < -0.39 is 6.10 Å². The molecule has 116 valence electrons. The molecule has 23 heavy (non-hydrogen) atoms. The molecule has 1 N–H and O–H groups in total. The van der Waals surface area contributed by atoms with Crippen LogP contribution in [0.3, 0.4) is 0 Å². The molecule has 3 aromatic rings. The van der Waals surface area contributed by atoms with Crippen molar-refractivity contribution in [3.8, 4) is 11.4 Å². The van der Waals surface area contributed by atoms with Crippen LogP contribution in [-0.2, 0) is 9.53 Å². The van der Waals surface area contributed by atoms with E-state index in [1.54, 1.807) is 0 Å². The van der Waals surface area contributed by atoms with Gasteiger partial charge < -0.3 is 4.74 Å². The lowest BCUT2D eigenvalue weighted by Crippen LogP contribution is -2.22. The van der Waals surface area contributed by atoms with E-state index in [4.69, 9.17) is 4.74 Å². The number of methoxy groups -OCH3 is 1. The molecule has 0 aliphatic rings. The van der Waals surface area contributed by atoms with Gasteiger partial charge in [-0.1, -0.05) is 60.7 Å². The van der Waals surface area contributed by atoms with Crippen molar-refractivity contribution in [2.45, 2.75) is 6.10 Å². The van der Waals surface area contributed by atoms with Crippen LogP contribution in [0.15, 0.2) is 60.7 Å². The number of nitrogens with zero attached hydrogens (tertiary/aromatic N) is 2. The second-order valence-electron chi connectivity index (χ2n) is 4.80. The molecule has 0 unspecified atom stereocenters. The van der Waals surface area contributed by atoms with Crippen LogP contribution in [0.2, 0.25) is 0 Å². The number of benzene rings is 2. The molecule has 3 rings (SSSR count). The number of ether oxygens (including phenoxy) is 1. The summed E-state index contributed by atoms with van der Waals surface area (Å²) in [6.45, 7) is 0. The summed E-state index contributed by atoms with van der Waals surface area (Å²) in [6, 6.07) is 19.0. The minimum atomic E-state index is -0.680. The number of aromatic nitrogens is 2. The first-order valence-electron chi connectivity index (χ1n) is 7.05. The van der Waals surface area contributed by atoms with Crippen molar-refractivity contribution in [3.63, 3.8) is 0 Å². The fourth-order valence-corrected chi connectivity index (χ4v) is 2.76. The van der Waals surface area contributed by atoms with Crippen molar-refractivity contribution in [1.29, 1.82) is 0 Å². The van der Waals surface area contributed by atoms with Crippen LogP contribution in [0, 0.1) is 0 Å². The van der Waals surface area contributed by atoms with Crippen LogP contribution in [0.25, 0.3) is 11.4 Å². The van der Waals surface area contributed by atoms with E-state index >= 15 is 0 Å². The summed E-state index contributed by atoms with van der Waals surface area (Å²) in [5, 5.41) is 3.21. The summed E-state index contributed by atoms with van der Waals surface area (Å²) in [4.78, 5) is 16.7. The SMILES string of the molecule is CO[C@@H](C(=O)Nc1nc(-c2ccccc2)ns1)c1ccccc1. The van der Waals surface area contributed by atoms with Crippen molar-refractivity contribution in [3.05, 3.63) is 66.2 Å². The van der Waals surface area contributed by atoms with Crippen LogP contribution in [0.5, 0.6) is 0 Å². The van der Waals surface area contributed by atoms with Crippen LogP contribution >= 0.6 is 11.5 Å². The minimum Gasteiger partial charge on any atom is -0.367 e. The first-order valence-corrected chi connectivity index (χ1v) is 7.83. The Labute approximate surface area is 138 Å². The van der Waals surface area contributed by atoms with Gasteiger partial charge in [0.2, 0.25) is 5.13 Å². The summed E-state index contributed by atoms with van der Waals surface area (Å²) >= 11 is 1.15. The Bertz CT molecular complexity index is 775. The van der Waals surface area contributed by atoms with E-state index in [2.05, 4.69) is 14.7 Å². The summed E-state index contributed by atoms with van der Waals surface area (Å²) < 4.78 is 9.58. The highest BCUT2D eigenvalue weighted by Gasteiger charge is 2.21. The number of hydrogen-bond acceptors (Lipinski definition) is 5. The van der Waals surface area contributed by atoms with Gasteiger partial charge in [-0.15, -0.1) is 0 Å². The van der Waals surface area contributed by atoms with Gasteiger partial charge in [0.1, 0.15) is 0 Å². The summed E-state index contributed by atoms with van der Waals surface area (Å²) in [6.07, 6.45) is -0.680. The van der Waals surface area contributed by atoms with E-state index in [1.807, 2.05) is 60.7 Å². The first kappa shape index (κ1) is 15.3. The number of anilines is 1. The maximum absolute atomic E-state index is 12.4. The predicted molar refractivity (Wildman–Crippen MR) is 90.2 cm³/mol. The Balaban J connectivity index is 1.74. The topological polar surface area (TPSA) is 64.1 Å². The molecule has 0 aliphatic carbocycles. The zero-order valence-electron chi connectivity index (χ0n) is 12.5. The Kier molecular flexibility index (Phi) is 4.75. The van der Waals surface area contributed by atoms with Gasteiger partial charge in [-0.3, -0.25) is 10.1 Å². The van der Waals surface area contributed by atoms with Crippen LogP contribution in [0.1, 0.15) is 11.7 Å². The molecule has 5 nitrogen and oxygen atoms in total. The normalized spacial score (nSPS) is 11.9. The fourth-order valence-electron chi connectivity index (χ4n) is 2.17. The highest BCUT2D eigenvalue weighted by Crippen LogP contribution is 2.23. The average molecular weight is 325 g/mol. The molecule has 1 aromatic heterocycles. The van der Waals surface area contributed by atoms with Crippen LogP contribution in [0.4, 0.5) is 5.13 Å². The molecule has 1 amide bonds. The largest absolute Gasteiger partial charge is 0.367 e. The van der Waals surface area contributed by atoms with Gasteiger partial charge in [0, 0.05) is 24.2 Å². The lowest BCUT2D eigenvalue weighted by molar-refractivity contribution is -0.126. The van der Waals surface area contributed by atoms with Crippen molar-refractivity contribution in [2.75, 3.05) is 12.4 Å². The Morgan fingerprint density at radius 3 is 2.39 bits per heavy atom. The first-order chi connectivity index (χ1) is 11.3. The molecule has 1 atom stereocenters. The van der Waals surface area contributed by atoms with Gasteiger partial charge in [-0.05, 0) is 5.56 Å². The quantitative estimate of drug-likeness (QED) is 0.779. The second kappa shape index (κ2) is 7.13. The zero-order valence-corrected chi connectivity index (χ0v) is 13.3. The van der Waals surface area contributed by atoms with Crippen LogP contribution in [-0.4, -0.2) is 22.4 Å². The molecule has 2 aromatic carbocycles. The molecule has 6 heteroatoms. The van der Waals surface area contributed by atoms with Gasteiger partial charge in [0.25, 0.3) is 5.91 Å². The summed E-state index contributed by atoms with van der Waals surface area (Å²) in [5.74, 6) is 0.328. The summed E-state index contributed by atoms with van der Waals surface area (Å²) in [7, 11) is 1.51. The molecular weight excluding hydrogens is 310 g/mol. The molecular formula is C17H15N3O2S. The fraction of sp³-hybridized carbons (Fsp3) is 0.118. The Morgan fingerprint density at radius 1 is 1.09 bits per heavy atom. The Hall–Kier alpha value is -2.57. The maximum Gasteiger partial charge on any atom is 0.259 e. The highest BCUT2D eigenvalue weighted by molar-refractivity contribution is 7.10. The van der Waals surface area contributed by atoms with Crippen LogP contribution < -0.4 is 5.32 Å². The predicted octanol–water partition coefficient (Wildman–Crippen LogP) is 3.53. The van der Waals surface area contributed by atoms with Crippen molar-refractivity contribution < 1.29 is 9.53 Å². The van der Waals surface area contributed by atoms with E-state index in [1.165, 1.54) is 7.11 Å². The lowest BCUT2D eigenvalue weighted by atomic mass is 10.1. The minimum absolute atomic E-state index is 0.269. The van der Waals surface area contributed by atoms with Gasteiger partial charge in [-0.25, -0.2) is 0 Å². The van der Waals surface area contributed by atoms with Crippen molar-refractivity contribution >= 4 is 22.6 Å². The third-order valence-corrected chi connectivity index (χ3v) is 3.89. The number of carbonyl (C=O) groups excluding carboxylic acids is 1.